The fourth-order valence-electron chi connectivity index (χ4n) is 1.85. The lowest BCUT2D eigenvalue weighted by atomic mass is 10.0. The summed E-state index contributed by atoms with van der Waals surface area (Å²) in [5, 5.41) is 4.30. The zero-order valence-electron chi connectivity index (χ0n) is 7.12. The lowest BCUT2D eigenvalue weighted by molar-refractivity contribution is 1.73. The van der Waals surface area contributed by atoms with Crippen molar-refractivity contribution in [2.24, 2.45) is 0 Å². The molecule has 0 bridgehead atoms. The van der Waals surface area contributed by atoms with Gasteiger partial charge in [-0.1, -0.05) is 53.4 Å². The molecule has 0 aromatic heterocycles. The van der Waals surface area contributed by atoms with E-state index in [0.29, 0.717) is 0 Å². The van der Waals surface area contributed by atoms with Gasteiger partial charge in [0.2, 0.25) is 0 Å². The van der Waals surface area contributed by atoms with Gasteiger partial charge in [0.1, 0.15) is 9.52 Å². The molecule has 0 spiro atoms. The molecule has 0 saturated carbocycles. The Morgan fingerprint density at radius 1 is 0.923 bits per heavy atom. The molecule has 0 aliphatic carbocycles. The Bertz CT molecular complexity index is 492. The van der Waals surface area contributed by atoms with Crippen LogP contribution in [0, 0.1) is 0 Å². The van der Waals surface area contributed by atoms with Crippen LogP contribution in [0.5, 0.6) is 0 Å². The second-order valence-electron chi connectivity index (χ2n) is 3.23. The Kier molecular flexibility index (Phi) is 1.40. The van der Waals surface area contributed by atoms with Gasteiger partial charge in [0.05, 0.1) is 0 Å². The first-order chi connectivity index (χ1) is 6.45. The molecule has 0 amide bonds. The molecular weight excluding hydrogens is 172 g/mol. The SMILES string of the molecule is C1=Cc2cccc3cccc(c23)[Si]1. The molecule has 1 aliphatic heterocycles. The summed E-state index contributed by atoms with van der Waals surface area (Å²) in [6, 6.07) is 13.1. The summed E-state index contributed by atoms with van der Waals surface area (Å²) in [5.41, 5.74) is 3.63. The third kappa shape index (κ3) is 0.973. The largest absolute Gasteiger partial charge is 0.112 e. The monoisotopic (exact) mass is 180 g/mol. The second kappa shape index (κ2) is 2.57. The zero-order chi connectivity index (χ0) is 8.67. The lowest BCUT2D eigenvalue weighted by Crippen LogP contribution is -2.16. The predicted molar refractivity (Wildman–Crippen MR) is 58.4 cm³/mol. The lowest BCUT2D eigenvalue weighted by Gasteiger charge is -2.10. The van der Waals surface area contributed by atoms with Gasteiger partial charge in [0.15, 0.2) is 0 Å². The molecule has 0 unspecified atom stereocenters. The van der Waals surface area contributed by atoms with Crippen molar-refractivity contribution in [2.45, 2.75) is 0 Å². The molecule has 13 heavy (non-hydrogen) atoms. The highest BCUT2D eigenvalue weighted by Gasteiger charge is 2.06. The first-order valence-corrected chi connectivity index (χ1v) is 5.48. The smallest absolute Gasteiger partial charge is 0.0927 e. The van der Waals surface area contributed by atoms with E-state index in [9.17, 15) is 0 Å². The molecule has 0 fully saturated rings. The van der Waals surface area contributed by atoms with Crippen LogP contribution >= 0.6 is 0 Å². The summed E-state index contributed by atoms with van der Waals surface area (Å²) in [7, 11) is 0.837. The molecule has 1 aliphatic rings. The van der Waals surface area contributed by atoms with Gasteiger partial charge < -0.3 is 0 Å². The molecular formula is C12H8Si. The van der Waals surface area contributed by atoms with E-state index in [2.05, 4.69) is 48.2 Å². The van der Waals surface area contributed by atoms with Crippen LogP contribution in [0.3, 0.4) is 0 Å². The fraction of sp³-hybridized carbons (Fsp3) is 0. The van der Waals surface area contributed by atoms with E-state index < -0.39 is 0 Å². The van der Waals surface area contributed by atoms with Crippen LogP contribution in [-0.4, -0.2) is 9.52 Å². The van der Waals surface area contributed by atoms with E-state index in [0.717, 1.165) is 9.52 Å². The Morgan fingerprint density at radius 3 is 2.69 bits per heavy atom. The molecule has 2 radical (unpaired) electrons. The summed E-state index contributed by atoms with van der Waals surface area (Å²) in [5.74, 6) is 0. The van der Waals surface area contributed by atoms with Crippen molar-refractivity contribution >= 4 is 31.6 Å². The highest BCUT2D eigenvalue weighted by molar-refractivity contribution is 6.63. The third-order valence-electron chi connectivity index (χ3n) is 2.44. The van der Waals surface area contributed by atoms with E-state index in [1.165, 1.54) is 21.5 Å². The van der Waals surface area contributed by atoms with Gasteiger partial charge in [0.25, 0.3) is 0 Å². The van der Waals surface area contributed by atoms with Gasteiger partial charge in [-0.05, 0) is 16.3 Å². The minimum absolute atomic E-state index is 0.837. The summed E-state index contributed by atoms with van der Waals surface area (Å²) in [6.07, 6.45) is 2.23. The maximum absolute atomic E-state index is 2.26. The van der Waals surface area contributed by atoms with Crippen LogP contribution in [0.2, 0.25) is 0 Å². The number of rotatable bonds is 0. The van der Waals surface area contributed by atoms with E-state index in [1.54, 1.807) is 0 Å². The van der Waals surface area contributed by atoms with Crippen LogP contribution in [0.25, 0.3) is 16.8 Å². The van der Waals surface area contributed by atoms with Crippen LogP contribution < -0.4 is 5.19 Å². The molecule has 0 nitrogen and oxygen atoms in total. The Labute approximate surface area is 79.7 Å². The summed E-state index contributed by atoms with van der Waals surface area (Å²) >= 11 is 0. The average Bonchev–Trinajstić information content (AvgIpc) is 2.19. The van der Waals surface area contributed by atoms with Crippen LogP contribution in [0.4, 0.5) is 0 Å². The quantitative estimate of drug-likeness (QED) is 0.545. The molecule has 0 saturated heterocycles. The maximum Gasteiger partial charge on any atom is 0.112 e. The molecule has 2 aromatic rings. The fourth-order valence-corrected chi connectivity index (χ4v) is 2.92. The van der Waals surface area contributed by atoms with Crippen molar-refractivity contribution in [2.75, 3.05) is 0 Å². The van der Waals surface area contributed by atoms with Gasteiger partial charge >= 0.3 is 0 Å². The van der Waals surface area contributed by atoms with Crippen LogP contribution in [0.15, 0.2) is 42.1 Å². The van der Waals surface area contributed by atoms with Crippen molar-refractivity contribution in [3.63, 3.8) is 0 Å². The zero-order valence-corrected chi connectivity index (χ0v) is 8.12. The van der Waals surface area contributed by atoms with Gasteiger partial charge in [-0.3, -0.25) is 0 Å². The van der Waals surface area contributed by atoms with E-state index in [1.807, 2.05) is 0 Å². The second-order valence-corrected chi connectivity index (χ2v) is 4.39. The maximum atomic E-state index is 2.26. The van der Waals surface area contributed by atoms with Crippen molar-refractivity contribution < 1.29 is 0 Å². The number of hydrogen-bond acceptors (Lipinski definition) is 0. The van der Waals surface area contributed by atoms with E-state index >= 15 is 0 Å². The van der Waals surface area contributed by atoms with Gasteiger partial charge in [-0.25, -0.2) is 0 Å². The van der Waals surface area contributed by atoms with Crippen molar-refractivity contribution in [1.29, 1.82) is 0 Å². The first-order valence-electron chi connectivity index (χ1n) is 4.40. The first kappa shape index (κ1) is 7.10. The molecule has 60 valence electrons. The third-order valence-corrected chi connectivity index (χ3v) is 3.50. The Hall–Kier alpha value is -1.34. The minimum atomic E-state index is 0.837. The van der Waals surface area contributed by atoms with E-state index in [-0.39, 0.29) is 0 Å². The molecule has 3 rings (SSSR count). The highest BCUT2D eigenvalue weighted by atomic mass is 28.2. The predicted octanol–water partition coefficient (Wildman–Crippen LogP) is 2.15. The molecule has 2 aromatic carbocycles. The topological polar surface area (TPSA) is 0 Å². The number of hydrogen-bond donors (Lipinski definition) is 0. The molecule has 1 heterocycles. The van der Waals surface area contributed by atoms with Crippen LogP contribution in [0.1, 0.15) is 5.56 Å². The molecule has 0 N–H and O–H groups in total. The highest BCUT2D eigenvalue weighted by Crippen LogP contribution is 2.20. The van der Waals surface area contributed by atoms with E-state index in [4.69, 9.17) is 0 Å². The Morgan fingerprint density at radius 2 is 1.77 bits per heavy atom. The normalized spacial score (nSPS) is 13.5. The molecule has 0 atom stereocenters. The standard InChI is InChI=1S/C12H8Si/c1-3-9-5-2-6-11-12(9)10(4-1)7-8-13-11/h1-8H. The van der Waals surface area contributed by atoms with Gasteiger partial charge in [0, 0.05) is 0 Å². The van der Waals surface area contributed by atoms with Gasteiger partial charge in [-0.2, -0.15) is 0 Å². The minimum Gasteiger partial charge on any atom is -0.0927 e. The summed E-state index contributed by atoms with van der Waals surface area (Å²) in [4.78, 5) is 0. The summed E-state index contributed by atoms with van der Waals surface area (Å²) < 4.78 is 0. The average molecular weight is 180 g/mol. The van der Waals surface area contributed by atoms with Crippen molar-refractivity contribution in [3.05, 3.63) is 47.7 Å². The summed E-state index contributed by atoms with van der Waals surface area (Å²) in [6.45, 7) is 0. The van der Waals surface area contributed by atoms with Crippen molar-refractivity contribution in [3.8, 4) is 0 Å². The van der Waals surface area contributed by atoms with Gasteiger partial charge in [-0.15, -0.1) is 0 Å². The van der Waals surface area contributed by atoms with Crippen LogP contribution in [-0.2, 0) is 0 Å². The number of benzene rings is 2. The van der Waals surface area contributed by atoms with Crippen molar-refractivity contribution in [1.82, 2.24) is 0 Å². The molecule has 1 heteroatoms. The Balaban J connectivity index is 2.56.